The van der Waals surface area contributed by atoms with Crippen molar-refractivity contribution in [2.75, 3.05) is 0 Å². The predicted octanol–water partition coefficient (Wildman–Crippen LogP) is 2.04. The van der Waals surface area contributed by atoms with E-state index in [2.05, 4.69) is 22.2 Å². The van der Waals surface area contributed by atoms with Gasteiger partial charge in [-0.3, -0.25) is 0 Å². The van der Waals surface area contributed by atoms with Crippen molar-refractivity contribution >= 4 is 51.2 Å². The normalized spacial score (nSPS) is 7.33. The molecule has 0 aliphatic carbocycles. The molecule has 2 amide bonds. The number of amides is 2. The fourth-order valence-electron chi connectivity index (χ4n) is 0.136. The maximum atomic E-state index is 10.2. The van der Waals surface area contributed by atoms with Crippen molar-refractivity contribution in [3.63, 3.8) is 0 Å². The van der Waals surface area contributed by atoms with E-state index in [9.17, 15) is 4.79 Å². The molecular formula is C3Cl2N2OS. The minimum Gasteiger partial charge on any atom is -0.243 e. The summed E-state index contributed by atoms with van der Waals surface area (Å²) >= 11 is 14.1. The highest BCUT2D eigenvalue weighted by atomic mass is 35.5. The first-order chi connectivity index (χ1) is 4.16. The van der Waals surface area contributed by atoms with Crippen LogP contribution < -0.4 is 0 Å². The molecule has 0 spiro atoms. The van der Waals surface area contributed by atoms with Gasteiger partial charge in [-0.2, -0.15) is 4.99 Å². The van der Waals surface area contributed by atoms with E-state index in [1.807, 2.05) is 5.16 Å². The van der Waals surface area contributed by atoms with Crippen LogP contribution in [0.2, 0.25) is 0 Å². The molecule has 0 radical (unpaired) electrons. The third kappa shape index (κ3) is 5.59. The largest absolute Gasteiger partial charge is 0.378 e. The van der Waals surface area contributed by atoms with Crippen molar-refractivity contribution in [2.24, 2.45) is 9.98 Å². The molecule has 0 saturated carbocycles. The van der Waals surface area contributed by atoms with Gasteiger partial charge in [0, 0.05) is 0 Å². The second-order valence-corrected chi connectivity index (χ2v) is 1.93. The van der Waals surface area contributed by atoms with Gasteiger partial charge in [-0.15, -0.1) is 4.99 Å². The Hall–Kier alpha value is -0.280. The Bertz CT molecular complexity index is 192. The third-order valence-corrected chi connectivity index (χ3v) is 0.582. The average molecular weight is 183 g/mol. The number of isothiocyanates is 1. The van der Waals surface area contributed by atoms with Crippen molar-refractivity contribution in [3.05, 3.63) is 0 Å². The highest BCUT2D eigenvalue weighted by Gasteiger charge is 1.92. The summed E-state index contributed by atoms with van der Waals surface area (Å²) < 4.78 is -0.394. The van der Waals surface area contributed by atoms with Crippen LogP contribution in [0.5, 0.6) is 0 Å². The molecule has 0 rings (SSSR count). The number of hydrogen-bond acceptors (Lipinski definition) is 2. The quantitative estimate of drug-likeness (QED) is 0.426. The third-order valence-electron chi connectivity index (χ3n) is 0.321. The van der Waals surface area contributed by atoms with Gasteiger partial charge in [0.2, 0.25) is 4.63 Å². The van der Waals surface area contributed by atoms with Gasteiger partial charge in [0.1, 0.15) is 0 Å². The maximum Gasteiger partial charge on any atom is 0.378 e. The Labute approximate surface area is 66.4 Å². The smallest absolute Gasteiger partial charge is 0.243 e. The van der Waals surface area contributed by atoms with Crippen molar-refractivity contribution < 1.29 is 4.79 Å². The lowest BCUT2D eigenvalue weighted by Gasteiger charge is -1.76. The number of halogens is 2. The van der Waals surface area contributed by atoms with Crippen molar-refractivity contribution in [2.45, 2.75) is 0 Å². The van der Waals surface area contributed by atoms with Crippen LogP contribution >= 0.6 is 35.4 Å². The molecule has 0 atom stereocenters. The number of thiocarbonyl (C=S) groups is 1. The highest BCUT2D eigenvalue weighted by Crippen LogP contribution is 1.92. The molecule has 0 aromatic heterocycles. The van der Waals surface area contributed by atoms with Crippen LogP contribution in [0.3, 0.4) is 0 Å². The summed E-state index contributed by atoms with van der Waals surface area (Å²) in [6, 6.07) is -0.856. The second kappa shape index (κ2) is 4.58. The monoisotopic (exact) mass is 182 g/mol. The van der Waals surface area contributed by atoms with Crippen molar-refractivity contribution in [3.8, 4) is 0 Å². The molecule has 0 aromatic carbocycles. The van der Waals surface area contributed by atoms with Gasteiger partial charge in [0.15, 0.2) is 0 Å². The zero-order chi connectivity index (χ0) is 7.28. The molecule has 0 N–H and O–H groups in total. The van der Waals surface area contributed by atoms with Gasteiger partial charge in [0.05, 0.1) is 5.16 Å². The number of carbonyl (C=O) groups is 1. The van der Waals surface area contributed by atoms with E-state index in [4.69, 9.17) is 23.2 Å². The molecule has 3 nitrogen and oxygen atoms in total. The lowest BCUT2D eigenvalue weighted by Crippen LogP contribution is -1.83. The summed E-state index contributed by atoms with van der Waals surface area (Å²) in [5.41, 5.74) is 0. The first-order valence-electron chi connectivity index (χ1n) is 1.68. The SMILES string of the molecule is O=C(N=C=S)N=C(Cl)Cl. The second-order valence-electron chi connectivity index (χ2n) is 0.838. The molecule has 0 unspecified atom stereocenters. The van der Waals surface area contributed by atoms with Crippen LogP contribution in [0.1, 0.15) is 0 Å². The van der Waals surface area contributed by atoms with E-state index in [0.717, 1.165) is 0 Å². The van der Waals surface area contributed by atoms with Crippen LogP contribution in [0.4, 0.5) is 4.79 Å². The fraction of sp³-hybridized carbons (Fsp3) is 0. The van der Waals surface area contributed by atoms with E-state index in [0.29, 0.717) is 0 Å². The zero-order valence-corrected chi connectivity index (χ0v) is 6.30. The molecule has 0 saturated heterocycles. The van der Waals surface area contributed by atoms with Gasteiger partial charge in [-0.25, -0.2) is 4.79 Å². The zero-order valence-electron chi connectivity index (χ0n) is 3.97. The Morgan fingerprint density at radius 3 is 2.44 bits per heavy atom. The highest BCUT2D eigenvalue weighted by molar-refractivity contribution is 7.78. The lowest BCUT2D eigenvalue weighted by molar-refractivity contribution is 0.257. The van der Waals surface area contributed by atoms with Gasteiger partial charge in [-0.05, 0) is 35.4 Å². The molecular weight excluding hydrogens is 183 g/mol. The van der Waals surface area contributed by atoms with E-state index < -0.39 is 10.7 Å². The molecule has 9 heavy (non-hydrogen) atoms. The Morgan fingerprint density at radius 1 is 1.56 bits per heavy atom. The summed E-state index contributed by atoms with van der Waals surface area (Å²) in [4.78, 5) is 16.1. The first-order valence-corrected chi connectivity index (χ1v) is 2.84. The summed E-state index contributed by atoms with van der Waals surface area (Å²) in [6.45, 7) is 0. The van der Waals surface area contributed by atoms with Crippen molar-refractivity contribution in [1.82, 2.24) is 0 Å². The van der Waals surface area contributed by atoms with Gasteiger partial charge < -0.3 is 0 Å². The van der Waals surface area contributed by atoms with Crippen molar-refractivity contribution in [1.29, 1.82) is 0 Å². The molecule has 0 fully saturated rings. The van der Waals surface area contributed by atoms with E-state index in [1.165, 1.54) is 0 Å². The lowest BCUT2D eigenvalue weighted by atomic mass is 11.1. The number of urea groups is 1. The standard InChI is InChI=1S/C3Cl2N2OS/c4-2(5)7-3(8)6-1-9. The average Bonchev–Trinajstić information content (AvgIpc) is 1.63. The van der Waals surface area contributed by atoms with E-state index in [-0.39, 0.29) is 0 Å². The molecule has 0 aliphatic rings. The van der Waals surface area contributed by atoms with Crippen LogP contribution in [0.15, 0.2) is 9.98 Å². The number of carbonyl (C=O) groups excluding carboxylic acids is 1. The molecule has 0 bridgehead atoms. The van der Waals surface area contributed by atoms with Gasteiger partial charge in [-0.1, -0.05) is 0 Å². The maximum absolute atomic E-state index is 10.2. The molecule has 6 heteroatoms. The fourth-order valence-corrected chi connectivity index (χ4v) is 0.359. The number of aliphatic imine (C=N–C) groups is 2. The van der Waals surface area contributed by atoms with Gasteiger partial charge in [0.25, 0.3) is 0 Å². The summed E-state index contributed by atoms with van der Waals surface area (Å²) in [5, 5.41) is 1.81. The minimum absolute atomic E-state index is 0.394. The number of hydrogen-bond donors (Lipinski definition) is 0. The number of rotatable bonds is 0. The van der Waals surface area contributed by atoms with Crippen LogP contribution in [0.25, 0.3) is 0 Å². The van der Waals surface area contributed by atoms with E-state index >= 15 is 0 Å². The molecule has 0 aliphatic heterocycles. The molecule has 48 valence electrons. The Morgan fingerprint density at radius 2 is 2.11 bits per heavy atom. The topological polar surface area (TPSA) is 41.8 Å². The van der Waals surface area contributed by atoms with Crippen LogP contribution in [-0.4, -0.2) is 15.8 Å². The molecule has 0 aromatic rings. The van der Waals surface area contributed by atoms with Crippen LogP contribution in [-0.2, 0) is 0 Å². The minimum atomic E-state index is -0.856. The van der Waals surface area contributed by atoms with E-state index in [1.54, 1.807) is 0 Å². The molecule has 0 heterocycles. The summed E-state index contributed by atoms with van der Waals surface area (Å²) in [6.07, 6.45) is 0. The Kier molecular flexibility index (Phi) is 4.44. The van der Waals surface area contributed by atoms with Gasteiger partial charge >= 0.3 is 6.03 Å². The van der Waals surface area contributed by atoms with Crippen LogP contribution in [0, 0.1) is 0 Å². The first kappa shape index (κ1) is 8.72. The Balaban J connectivity index is 4.08. The predicted molar refractivity (Wildman–Crippen MR) is 39.6 cm³/mol. The number of nitrogens with zero attached hydrogens (tertiary/aromatic N) is 2. The summed E-state index contributed by atoms with van der Waals surface area (Å²) in [5.74, 6) is 0. The summed E-state index contributed by atoms with van der Waals surface area (Å²) in [7, 11) is 0.